The maximum absolute atomic E-state index is 2.37. The quantitative estimate of drug-likeness (QED) is 0.156. The fourth-order valence-corrected chi connectivity index (χ4v) is 11.3. The Hall–Kier alpha value is -7.10. The fraction of sp³-hybridized carbons (Fsp3) is 0. The molecule has 0 fully saturated rings. The summed E-state index contributed by atoms with van der Waals surface area (Å²) in [6, 6.07) is 68.2. The molecule has 13 rings (SSSR count). The molecular formula is C58H34S2. The molecule has 11 aromatic carbocycles. The summed E-state index contributed by atoms with van der Waals surface area (Å²) in [7, 11) is 0. The van der Waals surface area contributed by atoms with Crippen LogP contribution in [0, 0.1) is 0 Å². The van der Waals surface area contributed by atoms with E-state index in [1.807, 2.05) is 22.7 Å². The Kier molecular flexibility index (Phi) is 7.45. The van der Waals surface area contributed by atoms with Crippen LogP contribution in [0.1, 0.15) is 20.9 Å². The van der Waals surface area contributed by atoms with Crippen molar-refractivity contribution in [3.8, 4) is 0 Å². The van der Waals surface area contributed by atoms with Gasteiger partial charge in [0.1, 0.15) is 0 Å². The molecule has 0 aliphatic heterocycles. The van der Waals surface area contributed by atoms with Gasteiger partial charge < -0.3 is 0 Å². The fourth-order valence-electron chi connectivity index (χ4n) is 9.27. The molecule has 0 spiro atoms. The number of fused-ring (bicyclic) bond motifs is 10. The summed E-state index contributed by atoms with van der Waals surface area (Å²) >= 11 is 3.72. The normalized spacial score (nSPS) is 12.5. The molecule has 0 saturated carbocycles. The molecule has 0 radical (unpaired) electrons. The summed E-state index contributed by atoms with van der Waals surface area (Å²) in [5.41, 5.74) is 2.43. The first-order valence-corrected chi connectivity index (χ1v) is 22.1. The molecule has 0 atom stereocenters. The van der Waals surface area contributed by atoms with Crippen molar-refractivity contribution < 1.29 is 0 Å². The van der Waals surface area contributed by atoms with Crippen molar-refractivity contribution in [1.29, 1.82) is 0 Å². The van der Waals surface area contributed by atoms with Gasteiger partial charge in [-0.3, -0.25) is 0 Å². The third kappa shape index (κ3) is 5.87. The van der Waals surface area contributed by atoms with Gasteiger partial charge in [-0.25, -0.2) is 0 Å². The predicted octanol–water partition coefficient (Wildman–Crippen LogP) is 17.7. The standard InChI is InChI=1S/C58H34S2/c1-3-7-39-21-47-25-43-17-35(9-13-41(43)23-45(47)19-37(39)5-1)11-15-55-31-53-29-49-27-50-30-54-32-56(60-58(54)34-52(50)28-51(49)33-57(53)59-55)16-12-36-10-14-42-24-46-20-38-6-2-4-8-40(38)22-48(46)26-44(42)18-36/h1-34H/b15-11+,16-12+. The molecule has 2 heteroatoms. The topological polar surface area (TPSA) is 0 Å². The first kappa shape index (κ1) is 33.8. The van der Waals surface area contributed by atoms with Gasteiger partial charge in [-0.15, -0.1) is 22.7 Å². The van der Waals surface area contributed by atoms with Crippen molar-refractivity contribution in [2.45, 2.75) is 0 Å². The van der Waals surface area contributed by atoms with Crippen molar-refractivity contribution in [3.63, 3.8) is 0 Å². The smallest absolute Gasteiger partial charge is 0.0355 e. The summed E-state index contributed by atoms with van der Waals surface area (Å²) < 4.78 is 2.64. The molecular weight excluding hydrogens is 761 g/mol. The Morgan fingerprint density at radius 1 is 0.217 bits per heavy atom. The van der Waals surface area contributed by atoms with Crippen LogP contribution in [0.3, 0.4) is 0 Å². The number of hydrogen-bond acceptors (Lipinski definition) is 2. The number of hydrogen-bond donors (Lipinski definition) is 0. The zero-order valence-corrected chi connectivity index (χ0v) is 34.1. The maximum Gasteiger partial charge on any atom is 0.0355 e. The summed E-state index contributed by atoms with van der Waals surface area (Å²) in [5.74, 6) is 0. The minimum Gasteiger partial charge on any atom is -0.136 e. The summed E-state index contributed by atoms with van der Waals surface area (Å²) in [5, 5.41) is 23.1. The van der Waals surface area contributed by atoms with Gasteiger partial charge in [0, 0.05) is 19.2 Å². The van der Waals surface area contributed by atoms with E-state index in [0.29, 0.717) is 0 Å². The molecule has 278 valence electrons. The monoisotopic (exact) mass is 794 g/mol. The molecule has 60 heavy (non-hydrogen) atoms. The Labute approximate surface area is 354 Å². The van der Waals surface area contributed by atoms with Gasteiger partial charge in [0.15, 0.2) is 0 Å². The minimum atomic E-state index is 1.21. The van der Waals surface area contributed by atoms with Gasteiger partial charge >= 0.3 is 0 Å². The molecule has 0 unspecified atom stereocenters. The van der Waals surface area contributed by atoms with E-state index in [-0.39, 0.29) is 0 Å². The van der Waals surface area contributed by atoms with E-state index in [0.717, 1.165) is 0 Å². The number of benzene rings is 11. The van der Waals surface area contributed by atoms with Crippen LogP contribution in [-0.4, -0.2) is 0 Å². The first-order chi connectivity index (χ1) is 29.6. The Morgan fingerprint density at radius 2 is 0.500 bits per heavy atom. The second kappa shape index (κ2) is 13.2. The zero-order chi connectivity index (χ0) is 39.3. The van der Waals surface area contributed by atoms with Crippen molar-refractivity contribution in [1.82, 2.24) is 0 Å². The van der Waals surface area contributed by atoms with Crippen LogP contribution in [0.2, 0.25) is 0 Å². The largest absolute Gasteiger partial charge is 0.136 e. The Balaban J connectivity index is 0.776. The van der Waals surface area contributed by atoms with Gasteiger partial charge in [0.25, 0.3) is 0 Å². The molecule has 2 aromatic heterocycles. The van der Waals surface area contributed by atoms with E-state index in [2.05, 4.69) is 206 Å². The van der Waals surface area contributed by atoms with Crippen LogP contribution in [-0.2, 0) is 0 Å². The van der Waals surface area contributed by atoms with Crippen molar-refractivity contribution in [2.75, 3.05) is 0 Å². The lowest BCUT2D eigenvalue weighted by atomic mass is 9.98. The summed E-state index contributed by atoms with van der Waals surface area (Å²) in [6.45, 7) is 0. The zero-order valence-electron chi connectivity index (χ0n) is 32.4. The molecule has 0 aliphatic rings. The highest BCUT2D eigenvalue weighted by Crippen LogP contribution is 2.37. The second-order valence-electron chi connectivity index (χ2n) is 16.3. The third-order valence-electron chi connectivity index (χ3n) is 12.4. The average Bonchev–Trinajstić information content (AvgIpc) is 3.87. The lowest BCUT2D eigenvalue weighted by Crippen LogP contribution is -1.80. The first-order valence-electron chi connectivity index (χ1n) is 20.5. The number of thiophene rings is 2. The molecule has 0 aliphatic carbocycles. The van der Waals surface area contributed by atoms with E-state index >= 15 is 0 Å². The molecule has 0 bridgehead atoms. The van der Waals surface area contributed by atoms with Gasteiger partial charge in [-0.05, 0) is 229 Å². The van der Waals surface area contributed by atoms with Crippen LogP contribution in [0.5, 0.6) is 0 Å². The summed E-state index contributed by atoms with van der Waals surface area (Å²) in [4.78, 5) is 2.53. The highest BCUT2D eigenvalue weighted by atomic mass is 32.1. The molecule has 0 amide bonds. The SMILES string of the molecule is C(=C\c1cc2cc3cc4cc5cc(/C=C/c6ccc7cc8cc9ccccc9cc8cc7c6)sc5cc4cc3cc2s1)/c1ccc2cc3cc4ccccc4cc3cc2c1. The Morgan fingerprint density at radius 3 is 0.867 bits per heavy atom. The van der Waals surface area contributed by atoms with Crippen molar-refractivity contribution >= 4 is 153 Å². The summed E-state index contributed by atoms with van der Waals surface area (Å²) in [6.07, 6.45) is 9.04. The predicted molar refractivity (Wildman–Crippen MR) is 268 cm³/mol. The van der Waals surface area contributed by atoms with Crippen LogP contribution < -0.4 is 0 Å². The number of rotatable bonds is 4. The molecule has 0 saturated heterocycles. The third-order valence-corrected chi connectivity index (χ3v) is 14.5. The van der Waals surface area contributed by atoms with Crippen LogP contribution in [0.4, 0.5) is 0 Å². The van der Waals surface area contributed by atoms with E-state index in [1.165, 1.54) is 127 Å². The van der Waals surface area contributed by atoms with Crippen LogP contribution in [0.15, 0.2) is 182 Å². The Bertz CT molecular complexity index is 3660. The minimum absolute atomic E-state index is 1.21. The van der Waals surface area contributed by atoms with E-state index in [1.54, 1.807) is 0 Å². The van der Waals surface area contributed by atoms with E-state index < -0.39 is 0 Å². The van der Waals surface area contributed by atoms with Gasteiger partial charge in [-0.2, -0.15) is 0 Å². The molecule has 13 aromatic rings. The highest BCUT2D eigenvalue weighted by Gasteiger charge is 2.09. The lowest BCUT2D eigenvalue weighted by Gasteiger charge is -2.06. The van der Waals surface area contributed by atoms with Gasteiger partial charge in [0.2, 0.25) is 0 Å². The van der Waals surface area contributed by atoms with Gasteiger partial charge in [-0.1, -0.05) is 84.9 Å². The molecule has 2 heterocycles. The van der Waals surface area contributed by atoms with Crippen molar-refractivity contribution in [3.05, 3.63) is 203 Å². The lowest BCUT2D eigenvalue weighted by molar-refractivity contribution is 1.73. The van der Waals surface area contributed by atoms with Crippen LogP contribution >= 0.6 is 22.7 Å². The molecule has 0 N–H and O–H groups in total. The second-order valence-corrected chi connectivity index (χ2v) is 18.5. The van der Waals surface area contributed by atoms with E-state index in [4.69, 9.17) is 0 Å². The molecule has 0 nitrogen and oxygen atoms in total. The highest BCUT2D eigenvalue weighted by molar-refractivity contribution is 7.20. The maximum atomic E-state index is 2.37. The van der Waals surface area contributed by atoms with E-state index in [9.17, 15) is 0 Å². The average molecular weight is 795 g/mol. The van der Waals surface area contributed by atoms with Gasteiger partial charge in [0.05, 0.1) is 0 Å². The van der Waals surface area contributed by atoms with Crippen LogP contribution in [0.25, 0.3) is 131 Å². The van der Waals surface area contributed by atoms with Crippen molar-refractivity contribution in [2.24, 2.45) is 0 Å².